The molecule has 0 aromatic heterocycles. The van der Waals surface area contributed by atoms with Crippen LogP contribution in [-0.4, -0.2) is 32.2 Å². The van der Waals surface area contributed by atoms with E-state index in [-0.39, 0.29) is 24.5 Å². The summed E-state index contributed by atoms with van der Waals surface area (Å²) in [7, 11) is 1.44. The number of rotatable bonds is 7. The summed E-state index contributed by atoms with van der Waals surface area (Å²) in [6.45, 7) is 1.62. The van der Waals surface area contributed by atoms with Gasteiger partial charge in [-0.3, -0.25) is 4.79 Å². The Balaban J connectivity index is 2.04. The second-order valence-electron chi connectivity index (χ2n) is 4.93. The maximum Gasteiger partial charge on any atom is 0.338 e. The SMILES string of the molecule is CCOC(=O)c1ccc(OC)c(OCC(=O)Nc2cccc(F)c2)c1. The van der Waals surface area contributed by atoms with Crippen molar-refractivity contribution in [2.45, 2.75) is 6.92 Å². The van der Waals surface area contributed by atoms with E-state index in [4.69, 9.17) is 14.2 Å². The Morgan fingerprint density at radius 1 is 1.12 bits per heavy atom. The number of carbonyl (C=O) groups is 2. The average Bonchev–Trinajstić information content (AvgIpc) is 2.60. The van der Waals surface area contributed by atoms with E-state index in [1.807, 2.05) is 0 Å². The van der Waals surface area contributed by atoms with E-state index < -0.39 is 17.7 Å². The number of amides is 1. The second kappa shape index (κ2) is 8.68. The van der Waals surface area contributed by atoms with Crippen molar-refractivity contribution in [3.05, 3.63) is 53.8 Å². The first-order valence-corrected chi connectivity index (χ1v) is 7.57. The van der Waals surface area contributed by atoms with E-state index in [1.165, 1.54) is 37.4 Å². The van der Waals surface area contributed by atoms with E-state index in [0.29, 0.717) is 11.4 Å². The molecule has 0 fully saturated rings. The molecule has 0 aliphatic carbocycles. The number of hydrogen-bond donors (Lipinski definition) is 1. The van der Waals surface area contributed by atoms with Crippen molar-refractivity contribution in [1.29, 1.82) is 0 Å². The van der Waals surface area contributed by atoms with Crippen molar-refractivity contribution in [3.8, 4) is 11.5 Å². The largest absolute Gasteiger partial charge is 0.493 e. The summed E-state index contributed by atoms with van der Waals surface area (Å²) in [6, 6.07) is 10.0. The van der Waals surface area contributed by atoms with Gasteiger partial charge in [0.2, 0.25) is 0 Å². The van der Waals surface area contributed by atoms with Crippen LogP contribution in [0, 0.1) is 5.82 Å². The van der Waals surface area contributed by atoms with Gasteiger partial charge >= 0.3 is 5.97 Å². The molecule has 0 saturated heterocycles. The van der Waals surface area contributed by atoms with Crippen LogP contribution in [0.25, 0.3) is 0 Å². The van der Waals surface area contributed by atoms with Crippen LogP contribution in [0.4, 0.5) is 10.1 Å². The summed E-state index contributed by atoms with van der Waals surface area (Å²) >= 11 is 0. The van der Waals surface area contributed by atoms with Crippen LogP contribution in [0.2, 0.25) is 0 Å². The maximum absolute atomic E-state index is 13.1. The Morgan fingerprint density at radius 2 is 1.92 bits per heavy atom. The minimum Gasteiger partial charge on any atom is -0.493 e. The lowest BCUT2D eigenvalue weighted by molar-refractivity contribution is -0.118. The lowest BCUT2D eigenvalue weighted by atomic mass is 10.2. The number of nitrogens with one attached hydrogen (secondary N) is 1. The van der Waals surface area contributed by atoms with Crippen LogP contribution < -0.4 is 14.8 Å². The first kappa shape index (κ1) is 18.3. The molecule has 0 atom stereocenters. The molecule has 1 N–H and O–H groups in total. The maximum atomic E-state index is 13.1. The van der Waals surface area contributed by atoms with Gasteiger partial charge in [-0.2, -0.15) is 0 Å². The number of carbonyl (C=O) groups excluding carboxylic acids is 2. The second-order valence-corrected chi connectivity index (χ2v) is 4.93. The fourth-order valence-electron chi connectivity index (χ4n) is 2.04. The van der Waals surface area contributed by atoms with Gasteiger partial charge in [0.05, 0.1) is 19.3 Å². The first-order chi connectivity index (χ1) is 12.0. The van der Waals surface area contributed by atoms with Crippen LogP contribution >= 0.6 is 0 Å². The minimum atomic E-state index is -0.501. The van der Waals surface area contributed by atoms with Crippen molar-refractivity contribution in [3.63, 3.8) is 0 Å². The number of hydrogen-bond acceptors (Lipinski definition) is 5. The normalized spacial score (nSPS) is 10.0. The summed E-state index contributed by atoms with van der Waals surface area (Å²) in [4.78, 5) is 23.7. The van der Waals surface area contributed by atoms with Crippen LogP contribution in [-0.2, 0) is 9.53 Å². The molecule has 6 nitrogen and oxygen atoms in total. The molecule has 0 saturated carbocycles. The number of methoxy groups -OCH3 is 1. The summed E-state index contributed by atoms with van der Waals surface area (Å²) in [5.41, 5.74) is 0.601. The zero-order valence-corrected chi connectivity index (χ0v) is 13.9. The highest BCUT2D eigenvalue weighted by atomic mass is 19.1. The van der Waals surface area contributed by atoms with Crippen molar-refractivity contribution >= 4 is 17.6 Å². The smallest absolute Gasteiger partial charge is 0.338 e. The third kappa shape index (κ3) is 5.20. The topological polar surface area (TPSA) is 73.9 Å². The molecular formula is C18H18FNO5. The van der Waals surface area contributed by atoms with E-state index in [2.05, 4.69) is 5.32 Å². The third-order valence-electron chi connectivity index (χ3n) is 3.14. The molecule has 132 valence electrons. The van der Waals surface area contributed by atoms with Crippen molar-refractivity contribution in [2.75, 3.05) is 25.6 Å². The van der Waals surface area contributed by atoms with Gasteiger partial charge in [-0.15, -0.1) is 0 Å². The lowest BCUT2D eigenvalue weighted by Crippen LogP contribution is -2.20. The molecule has 2 rings (SSSR count). The van der Waals surface area contributed by atoms with Gasteiger partial charge in [0, 0.05) is 5.69 Å². The number of esters is 1. The molecule has 2 aromatic rings. The van der Waals surface area contributed by atoms with Crippen molar-refractivity contribution in [2.24, 2.45) is 0 Å². The molecule has 25 heavy (non-hydrogen) atoms. The zero-order valence-electron chi connectivity index (χ0n) is 13.9. The van der Waals surface area contributed by atoms with E-state index in [0.717, 1.165) is 0 Å². The standard InChI is InChI=1S/C18H18FNO5/c1-3-24-18(22)12-7-8-15(23-2)16(9-12)25-11-17(21)20-14-6-4-5-13(19)10-14/h4-10H,3,11H2,1-2H3,(H,20,21). The highest BCUT2D eigenvalue weighted by Crippen LogP contribution is 2.28. The highest BCUT2D eigenvalue weighted by Gasteiger charge is 2.13. The Morgan fingerprint density at radius 3 is 2.60 bits per heavy atom. The molecule has 0 unspecified atom stereocenters. The van der Waals surface area contributed by atoms with Gasteiger partial charge in [-0.05, 0) is 43.3 Å². The molecule has 2 aromatic carbocycles. The average molecular weight is 347 g/mol. The van der Waals surface area contributed by atoms with Gasteiger partial charge in [0.15, 0.2) is 18.1 Å². The molecule has 0 spiro atoms. The molecule has 0 bridgehead atoms. The number of benzene rings is 2. The van der Waals surface area contributed by atoms with Gasteiger partial charge in [-0.1, -0.05) is 6.07 Å². The number of anilines is 1. The van der Waals surface area contributed by atoms with Crippen molar-refractivity contribution < 1.29 is 28.2 Å². The van der Waals surface area contributed by atoms with Crippen LogP contribution in [0.5, 0.6) is 11.5 Å². The van der Waals surface area contributed by atoms with E-state index >= 15 is 0 Å². The van der Waals surface area contributed by atoms with E-state index in [9.17, 15) is 14.0 Å². The molecule has 1 amide bonds. The summed E-state index contributed by atoms with van der Waals surface area (Å²) in [6.07, 6.45) is 0. The van der Waals surface area contributed by atoms with Gasteiger partial charge < -0.3 is 19.5 Å². The van der Waals surface area contributed by atoms with E-state index in [1.54, 1.807) is 19.1 Å². The number of halogens is 1. The quantitative estimate of drug-likeness (QED) is 0.780. The zero-order chi connectivity index (χ0) is 18.2. The molecule has 0 aliphatic heterocycles. The molecule has 7 heteroatoms. The fourth-order valence-corrected chi connectivity index (χ4v) is 2.04. The summed E-state index contributed by atoms with van der Waals surface area (Å²) < 4.78 is 28.6. The first-order valence-electron chi connectivity index (χ1n) is 7.57. The van der Waals surface area contributed by atoms with Crippen molar-refractivity contribution in [1.82, 2.24) is 0 Å². The Hall–Kier alpha value is -3.09. The lowest BCUT2D eigenvalue weighted by Gasteiger charge is -2.12. The van der Waals surface area contributed by atoms with Crippen LogP contribution in [0.3, 0.4) is 0 Å². The molecule has 0 aliphatic rings. The fraction of sp³-hybridized carbons (Fsp3) is 0.222. The summed E-state index contributed by atoms with van der Waals surface area (Å²) in [5.74, 6) is -0.843. The predicted octanol–water partition coefficient (Wildman–Crippen LogP) is 3.03. The van der Waals surface area contributed by atoms with Gasteiger partial charge in [-0.25, -0.2) is 9.18 Å². The minimum absolute atomic E-state index is 0.224. The number of ether oxygens (including phenoxy) is 3. The summed E-state index contributed by atoms with van der Waals surface area (Å²) in [5, 5.41) is 2.51. The Bertz CT molecular complexity index is 763. The Labute approximate surface area is 144 Å². The molecule has 0 radical (unpaired) electrons. The predicted molar refractivity (Wildman–Crippen MR) is 89.5 cm³/mol. The van der Waals surface area contributed by atoms with Crippen LogP contribution in [0.15, 0.2) is 42.5 Å². The van der Waals surface area contributed by atoms with Gasteiger partial charge in [0.1, 0.15) is 5.82 Å². The monoisotopic (exact) mass is 347 g/mol. The molecule has 0 heterocycles. The highest BCUT2D eigenvalue weighted by molar-refractivity contribution is 5.92. The van der Waals surface area contributed by atoms with Crippen LogP contribution in [0.1, 0.15) is 17.3 Å². The molecular weight excluding hydrogens is 329 g/mol. The Kier molecular flexibility index (Phi) is 6.33. The van der Waals surface area contributed by atoms with Gasteiger partial charge in [0.25, 0.3) is 5.91 Å². The third-order valence-corrected chi connectivity index (χ3v) is 3.14.